The lowest BCUT2D eigenvalue weighted by Gasteiger charge is -2.25. The normalized spacial score (nSPS) is 17.3. The third-order valence-corrected chi connectivity index (χ3v) is 3.56. The molecular formula is C15H24N2O. The van der Waals surface area contributed by atoms with Crippen LogP contribution < -0.4 is 0 Å². The van der Waals surface area contributed by atoms with E-state index in [-0.39, 0.29) is 0 Å². The lowest BCUT2D eigenvalue weighted by molar-refractivity contribution is 0.0849. The molecule has 0 saturated carbocycles. The average molecular weight is 248 g/mol. The van der Waals surface area contributed by atoms with Gasteiger partial charge in [0.1, 0.15) is 0 Å². The van der Waals surface area contributed by atoms with Crippen LogP contribution in [-0.2, 0) is 17.7 Å². The van der Waals surface area contributed by atoms with Crippen molar-refractivity contribution in [2.24, 2.45) is 0 Å². The minimum atomic E-state index is 0.632. The van der Waals surface area contributed by atoms with Crippen molar-refractivity contribution in [1.29, 1.82) is 0 Å². The van der Waals surface area contributed by atoms with E-state index in [9.17, 15) is 0 Å². The van der Waals surface area contributed by atoms with Crippen LogP contribution in [0.25, 0.3) is 0 Å². The third kappa shape index (κ3) is 3.30. The second-order valence-corrected chi connectivity index (χ2v) is 5.32. The molecule has 1 aromatic rings. The van der Waals surface area contributed by atoms with Gasteiger partial charge < -0.3 is 9.64 Å². The van der Waals surface area contributed by atoms with Crippen LogP contribution in [-0.4, -0.2) is 37.2 Å². The summed E-state index contributed by atoms with van der Waals surface area (Å²) in [5, 5.41) is 0. The number of rotatable bonds is 4. The number of aryl methyl sites for hydroxylation is 1. The van der Waals surface area contributed by atoms with Crippen LogP contribution in [0.5, 0.6) is 0 Å². The maximum Gasteiger partial charge on any atom is 0.0581 e. The molecule has 1 aliphatic heterocycles. The number of ether oxygens (including phenoxy) is 1. The summed E-state index contributed by atoms with van der Waals surface area (Å²) in [6.45, 7) is 4.87. The van der Waals surface area contributed by atoms with Gasteiger partial charge >= 0.3 is 0 Å². The van der Waals surface area contributed by atoms with Crippen molar-refractivity contribution in [2.45, 2.75) is 38.6 Å². The summed E-state index contributed by atoms with van der Waals surface area (Å²) in [7, 11) is 4.21. The van der Waals surface area contributed by atoms with Crippen molar-refractivity contribution in [1.82, 2.24) is 9.88 Å². The average Bonchev–Trinajstić information content (AvgIpc) is 2.39. The monoisotopic (exact) mass is 248 g/mol. The van der Waals surface area contributed by atoms with Gasteiger partial charge in [-0.05, 0) is 50.9 Å². The Morgan fingerprint density at radius 3 is 2.61 bits per heavy atom. The van der Waals surface area contributed by atoms with Crippen LogP contribution in [0, 0.1) is 0 Å². The molecule has 1 aliphatic rings. The summed E-state index contributed by atoms with van der Waals surface area (Å²) in [5.41, 5.74) is 3.89. The molecule has 18 heavy (non-hydrogen) atoms. The van der Waals surface area contributed by atoms with Crippen molar-refractivity contribution < 1.29 is 4.74 Å². The van der Waals surface area contributed by atoms with E-state index >= 15 is 0 Å². The van der Waals surface area contributed by atoms with E-state index in [1.54, 1.807) is 0 Å². The fourth-order valence-electron chi connectivity index (χ4n) is 2.56. The predicted octanol–water partition coefficient (Wildman–Crippen LogP) is 2.60. The van der Waals surface area contributed by atoms with Gasteiger partial charge in [-0.25, -0.2) is 0 Å². The smallest absolute Gasteiger partial charge is 0.0581 e. The van der Waals surface area contributed by atoms with E-state index in [1.807, 2.05) is 0 Å². The van der Waals surface area contributed by atoms with Gasteiger partial charge in [-0.1, -0.05) is 13.0 Å². The highest BCUT2D eigenvalue weighted by atomic mass is 16.5. The molecule has 0 aromatic carbocycles. The lowest BCUT2D eigenvalue weighted by atomic mass is 9.90. The molecule has 1 saturated heterocycles. The number of pyridine rings is 1. The molecule has 3 nitrogen and oxygen atoms in total. The number of nitrogens with zero attached hydrogens (tertiary/aromatic N) is 2. The lowest BCUT2D eigenvalue weighted by Crippen LogP contribution is -2.19. The fraction of sp³-hybridized carbons (Fsp3) is 0.667. The maximum absolute atomic E-state index is 5.46. The quantitative estimate of drug-likeness (QED) is 0.819. The molecule has 100 valence electrons. The van der Waals surface area contributed by atoms with E-state index in [0.29, 0.717) is 5.92 Å². The third-order valence-electron chi connectivity index (χ3n) is 3.56. The highest BCUT2D eigenvalue weighted by Gasteiger charge is 2.20. The Hall–Kier alpha value is -0.930. The van der Waals surface area contributed by atoms with E-state index in [4.69, 9.17) is 9.72 Å². The van der Waals surface area contributed by atoms with Crippen molar-refractivity contribution in [3.63, 3.8) is 0 Å². The van der Waals surface area contributed by atoms with Gasteiger partial charge in [0.05, 0.1) is 5.69 Å². The standard InChI is InChI=1S/C15H24N2O/c1-4-13-5-6-14(12-7-9-18-10-8-12)15(16-13)11-17(2)3/h5-6,12H,4,7-11H2,1-3H3. The largest absolute Gasteiger partial charge is 0.381 e. The van der Waals surface area contributed by atoms with Gasteiger partial charge in [0.15, 0.2) is 0 Å². The molecule has 0 radical (unpaired) electrons. The van der Waals surface area contributed by atoms with Crippen LogP contribution in [0.15, 0.2) is 12.1 Å². The molecule has 2 heterocycles. The number of aromatic nitrogens is 1. The molecular weight excluding hydrogens is 224 g/mol. The molecule has 0 bridgehead atoms. The van der Waals surface area contributed by atoms with Crippen molar-refractivity contribution in [3.8, 4) is 0 Å². The summed E-state index contributed by atoms with van der Waals surface area (Å²) < 4.78 is 5.46. The first-order valence-corrected chi connectivity index (χ1v) is 6.92. The van der Waals surface area contributed by atoms with Gasteiger partial charge in [0, 0.05) is 25.5 Å². The second kappa shape index (κ2) is 6.30. The molecule has 1 aromatic heterocycles. The Balaban J connectivity index is 2.25. The Morgan fingerprint density at radius 2 is 2.00 bits per heavy atom. The van der Waals surface area contributed by atoms with Crippen LogP contribution in [0.1, 0.15) is 42.6 Å². The SMILES string of the molecule is CCc1ccc(C2CCOCC2)c(CN(C)C)n1. The van der Waals surface area contributed by atoms with Crippen molar-refractivity contribution >= 4 is 0 Å². The summed E-state index contributed by atoms with van der Waals surface area (Å²) in [5.74, 6) is 0.632. The maximum atomic E-state index is 5.46. The Morgan fingerprint density at radius 1 is 1.28 bits per heavy atom. The zero-order valence-corrected chi connectivity index (χ0v) is 11.8. The zero-order chi connectivity index (χ0) is 13.0. The Bertz CT molecular complexity index is 384. The molecule has 0 atom stereocenters. The predicted molar refractivity (Wildman–Crippen MR) is 73.8 cm³/mol. The summed E-state index contributed by atoms with van der Waals surface area (Å²) in [6.07, 6.45) is 3.27. The van der Waals surface area contributed by atoms with E-state index in [1.165, 1.54) is 17.0 Å². The van der Waals surface area contributed by atoms with Gasteiger partial charge in [-0.2, -0.15) is 0 Å². The first kappa shape index (κ1) is 13.5. The van der Waals surface area contributed by atoms with Crippen LogP contribution in [0.3, 0.4) is 0 Å². The van der Waals surface area contributed by atoms with Gasteiger partial charge in [-0.3, -0.25) is 4.98 Å². The molecule has 0 unspecified atom stereocenters. The molecule has 0 N–H and O–H groups in total. The van der Waals surface area contributed by atoms with Crippen molar-refractivity contribution in [3.05, 3.63) is 29.1 Å². The van der Waals surface area contributed by atoms with Gasteiger partial charge in [0.25, 0.3) is 0 Å². The highest BCUT2D eigenvalue weighted by Crippen LogP contribution is 2.29. The molecule has 3 heteroatoms. The number of hydrogen-bond donors (Lipinski definition) is 0. The van der Waals surface area contributed by atoms with Crippen LogP contribution in [0.2, 0.25) is 0 Å². The topological polar surface area (TPSA) is 25.4 Å². The summed E-state index contributed by atoms with van der Waals surface area (Å²) in [4.78, 5) is 7.02. The molecule has 1 fully saturated rings. The first-order valence-electron chi connectivity index (χ1n) is 6.92. The van der Waals surface area contributed by atoms with Gasteiger partial charge in [0.2, 0.25) is 0 Å². The molecule has 0 aliphatic carbocycles. The molecule has 0 amide bonds. The second-order valence-electron chi connectivity index (χ2n) is 5.32. The van der Waals surface area contributed by atoms with E-state index in [2.05, 4.69) is 38.1 Å². The number of hydrogen-bond acceptors (Lipinski definition) is 3. The molecule has 0 spiro atoms. The Kier molecular flexibility index (Phi) is 4.72. The Labute approximate surface area is 110 Å². The summed E-state index contributed by atoms with van der Waals surface area (Å²) in [6, 6.07) is 4.48. The van der Waals surface area contributed by atoms with E-state index in [0.717, 1.165) is 39.0 Å². The van der Waals surface area contributed by atoms with Crippen molar-refractivity contribution in [2.75, 3.05) is 27.3 Å². The van der Waals surface area contributed by atoms with E-state index < -0.39 is 0 Å². The highest BCUT2D eigenvalue weighted by molar-refractivity contribution is 5.27. The summed E-state index contributed by atoms with van der Waals surface area (Å²) >= 11 is 0. The van der Waals surface area contributed by atoms with Crippen LogP contribution in [0.4, 0.5) is 0 Å². The van der Waals surface area contributed by atoms with Gasteiger partial charge in [-0.15, -0.1) is 0 Å². The minimum Gasteiger partial charge on any atom is -0.381 e. The van der Waals surface area contributed by atoms with Crippen LogP contribution >= 0.6 is 0 Å². The molecule has 2 rings (SSSR count). The minimum absolute atomic E-state index is 0.632. The first-order chi connectivity index (χ1) is 8.70. The zero-order valence-electron chi connectivity index (χ0n) is 11.8. The fourth-order valence-corrected chi connectivity index (χ4v) is 2.56.